The first kappa shape index (κ1) is 12.2. The topological polar surface area (TPSA) is 0 Å². The average molecular weight is 323 g/mol. The third-order valence-electron chi connectivity index (χ3n) is 4.51. The second-order valence-electron chi connectivity index (χ2n) is 6.00. The molecule has 20 heavy (non-hydrogen) atoms. The molecule has 4 rings (SSSR count). The highest BCUT2D eigenvalue weighted by Gasteiger charge is 2.37. The van der Waals surface area contributed by atoms with Crippen molar-refractivity contribution in [1.82, 2.24) is 0 Å². The van der Waals surface area contributed by atoms with E-state index in [1.165, 1.54) is 37.5 Å². The van der Waals surface area contributed by atoms with Crippen molar-refractivity contribution >= 4 is 26.7 Å². The van der Waals surface area contributed by atoms with Gasteiger partial charge in [0.2, 0.25) is 0 Å². The van der Waals surface area contributed by atoms with Gasteiger partial charge in [-0.05, 0) is 33.5 Å². The Morgan fingerprint density at radius 2 is 1.65 bits per heavy atom. The molecule has 0 heterocycles. The molecular formula is C19H15Br. The highest BCUT2D eigenvalue weighted by atomic mass is 79.9. The number of rotatable bonds is 0. The summed E-state index contributed by atoms with van der Waals surface area (Å²) < 4.78 is 1.19. The van der Waals surface area contributed by atoms with Gasteiger partial charge in [-0.2, -0.15) is 0 Å². The normalized spacial score (nSPS) is 15.2. The van der Waals surface area contributed by atoms with Crippen LogP contribution in [-0.4, -0.2) is 0 Å². The van der Waals surface area contributed by atoms with E-state index in [0.29, 0.717) is 0 Å². The van der Waals surface area contributed by atoms with Gasteiger partial charge in [-0.25, -0.2) is 0 Å². The van der Waals surface area contributed by atoms with Crippen LogP contribution in [-0.2, 0) is 5.41 Å². The van der Waals surface area contributed by atoms with E-state index in [0.717, 1.165) is 0 Å². The minimum atomic E-state index is 0.0509. The van der Waals surface area contributed by atoms with Gasteiger partial charge in [-0.15, -0.1) is 0 Å². The fourth-order valence-electron chi connectivity index (χ4n) is 3.61. The molecule has 0 N–H and O–H groups in total. The summed E-state index contributed by atoms with van der Waals surface area (Å²) in [4.78, 5) is 0. The molecule has 0 atom stereocenters. The molecule has 1 aliphatic carbocycles. The van der Waals surface area contributed by atoms with Crippen molar-refractivity contribution in [2.75, 3.05) is 0 Å². The Balaban J connectivity index is 2.22. The van der Waals surface area contributed by atoms with E-state index in [-0.39, 0.29) is 5.41 Å². The molecule has 0 radical (unpaired) electrons. The summed E-state index contributed by atoms with van der Waals surface area (Å²) >= 11 is 3.73. The molecule has 0 nitrogen and oxygen atoms in total. The maximum Gasteiger partial charge on any atom is 0.0256 e. The molecule has 3 aromatic carbocycles. The number of hydrogen-bond acceptors (Lipinski definition) is 0. The summed E-state index contributed by atoms with van der Waals surface area (Å²) in [5.41, 5.74) is 5.65. The van der Waals surface area contributed by atoms with Crippen LogP contribution in [0.2, 0.25) is 0 Å². The van der Waals surface area contributed by atoms with Gasteiger partial charge in [-0.3, -0.25) is 0 Å². The maximum atomic E-state index is 3.73. The van der Waals surface area contributed by atoms with Gasteiger partial charge in [0, 0.05) is 15.5 Å². The first-order valence-corrected chi connectivity index (χ1v) is 7.71. The predicted octanol–water partition coefficient (Wildman–Crippen LogP) is 5.91. The van der Waals surface area contributed by atoms with Crippen LogP contribution in [0.4, 0.5) is 0 Å². The highest BCUT2D eigenvalue weighted by molar-refractivity contribution is 9.10. The van der Waals surface area contributed by atoms with Crippen LogP contribution in [0.5, 0.6) is 0 Å². The summed E-state index contributed by atoms with van der Waals surface area (Å²) in [6.45, 7) is 4.66. The zero-order chi connectivity index (χ0) is 13.9. The Labute approximate surface area is 127 Å². The van der Waals surface area contributed by atoms with E-state index in [4.69, 9.17) is 0 Å². The molecule has 0 fully saturated rings. The monoisotopic (exact) mass is 322 g/mol. The van der Waals surface area contributed by atoms with Gasteiger partial charge in [0.1, 0.15) is 0 Å². The van der Waals surface area contributed by atoms with Crippen molar-refractivity contribution in [3.05, 3.63) is 70.2 Å². The summed E-state index contributed by atoms with van der Waals surface area (Å²) in [6.07, 6.45) is 0. The molecule has 0 saturated carbocycles. The van der Waals surface area contributed by atoms with Crippen LogP contribution in [0.3, 0.4) is 0 Å². The Hall–Kier alpha value is -1.60. The van der Waals surface area contributed by atoms with E-state index in [1.807, 2.05) is 0 Å². The van der Waals surface area contributed by atoms with Crippen molar-refractivity contribution in [2.45, 2.75) is 19.3 Å². The molecule has 1 heteroatoms. The summed E-state index contributed by atoms with van der Waals surface area (Å²) in [5, 5.41) is 2.70. The molecular weight excluding hydrogens is 308 g/mol. The van der Waals surface area contributed by atoms with Crippen molar-refractivity contribution in [3.8, 4) is 11.1 Å². The minimum absolute atomic E-state index is 0.0509. The van der Waals surface area contributed by atoms with Gasteiger partial charge in [0.15, 0.2) is 0 Å². The smallest absolute Gasteiger partial charge is 0.0256 e. The Kier molecular flexibility index (Phi) is 2.41. The summed E-state index contributed by atoms with van der Waals surface area (Å²) in [5.74, 6) is 0. The molecule has 0 aromatic heterocycles. The second-order valence-corrected chi connectivity index (χ2v) is 6.85. The number of benzene rings is 3. The Morgan fingerprint density at radius 1 is 0.850 bits per heavy atom. The molecule has 98 valence electrons. The highest BCUT2D eigenvalue weighted by Crippen LogP contribution is 2.53. The lowest BCUT2D eigenvalue weighted by atomic mass is 9.80. The van der Waals surface area contributed by atoms with Crippen LogP contribution >= 0.6 is 15.9 Å². The predicted molar refractivity (Wildman–Crippen MR) is 89.2 cm³/mol. The third kappa shape index (κ3) is 1.42. The molecule has 0 amide bonds. The molecule has 1 aliphatic rings. The van der Waals surface area contributed by atoms with Gasteiger partial charge in [-0.1, -0.05) is 78.3 Å². The van der Waals surface area contributed by atoms with Crippen LogP contribution < -0.4 is 0 Å². The zero-order valence-electron chi connectivity index (χ0n) is 11.6. The lowest BCUT2D eigenvalue weighted by Crippen LogP contribution is -2.15. The van der Waals surface area contributed by atoms with E-state index in [1.54, 1.807) is 0 Å². The van der Waals surface area contributed by atoms with Crippen molar-refractivity contribution < 1.29 is 0 Å². The van der Waals surface area contributed by atoms with E-state index in [9.17, 15) is 0 Å². The van der Waals surface area contributed by atoms with E-state index in [2.05, 4.69) is 84.4 Å². The van der Waals surface area contributed by atoms with Crippen LogP contribution in [0.25, 0.3) is 21.9 Å². The van der Waals surface area contributed by atoms with Crippen LogP contribution in [0.1, 0.15) is 25.0 Å². The molecule has 0 bridgehead atoms. The average Bonchev–Trinajstić information content (AvgIpc) is 2.69. The van der Waals surface area contributed by atoms with Crippen molar-refractivity contribution in [1.29, 1.82) is 0 Å². The number of fused-ring (bicyclic) bond motifs is 5. The number of halogens is 1. The lowest BCUT2D eigenvalue weighted by Gasteiger charge is -2.23. The maximum absolute atomic E-state index is 3.73. The van der Waals surface area contributed by atoms with Gasteiger partial charge in [0.05, 0.1) is 0 Å². The fourth-order valence-corrected chi connectivity index (χ4v) is 4.19. The fraction of sp³-hybridized carbons (Fsp3) is 0.158. The van der Waals surface area contributed by atoms with Gasteiger partial charge >= 0.3 is 0 Å². The summed E-state index contributed by atoms with van der Waals surface area (Å²) in [6, 6.07) is 19.7. The van der Waals surface area contributed by atoms with Crippen molar-refractivity contribution in [2.24, 2.45) is 0 Å². The molecule has 0 spiro atoms. The second kappa shape index (κ2) is 3.95. The third-order valence-corrected chi connectivity index (χ3v) is 5.17. The minimum Gasteiger partial charge on any atom is -0.0616 e. The first-order valence-electron chi connectivity index (χ1n) is 6.92. The van der Waals surface area contributed by atoms with Crippen LogP contribution in [0.15, 0.2) is 59.1 Å². The molecule has 0 saturated heterocycles. The Morgan fingerprint density at radius 3 is 2.50 bits per heavy atom. The van der Waals surface area contributed by atoms with Crippen LogP contribution in [0, 0.1) is 0 Å². The SMILES string of the molecule is CC1(C)c2cccc(Br)c2-c2ccc3ccccc3c21. The first-order chi connectivity index (χ1) is 9.60. The molecule has 0 aliphatic heterocycles. The lowest BCUT2D eigenvalue weighted by molar-refractivity contribution is 0.666. The number of hydrogen-bond donors (Lipinski definition) is 0. The quantitative estimate of drug-likeness (QED) is 0.482. The van der Waals surface area contributed by atoms with E-state index < -0.39 is 0 Å². The Bertz CT molecular complexity index is 844. The standard InChI is InChI=1S/C19H15Br/c1-19(2)15-8-5-9-16(20)17(15)14-11-10-12-6-3-4-7-13(12)18(14)19/h3-11H,1-2H3. The van der Waals surface area contributed by atoms with E-state index >= 15 is 0 Å². The van der Waals surface area contributed by atoms with Crippen molar-refractivity contribution in [3.63, 3.8) is 0 Å². The summed E-state index contributed by atoms with van der Waals surface area (Å²) in [7, 11) is 0. The zero-order valence-corrected chi connectivity index (χ0v) is 13.2. The van der Waals surface area contributed by atoms with Gasteiger partial charge in [0.25, 0.3) is 0 Å². The molecule has 0 unspecified atom stereocenters. The largest absolute Gasteiger partial charge is 0.0616 e. The molecule has 3 aromatic rings. The van der Waals surface area contributed by atoms with Gasteiger partial charge < -0.3 is 0 Å².